The molecule has 0 unspecified atom stereocenters. The number of benzene rings is 1. The summed E-state index contributed by atoms with van der Waals surface area (Å²) in [5.74, 6) is 1.27. The minimum Gasteiger partial charge on any atom is -0.353 e. The zero-order valence-electron chi connectivity index (χ0n) is 13.2. The molecule has 122 valence electrons. The van der Waals surface area contributed by atoms with Gasteiger partial charge in [0, 0.05) is 11.6 Å². The lowest BCUT2D eigenvalue weighted by Crippen LogP contribution is -2.37. The van der Waals surface area contributed by atoms with Gasteiger partial charge < -0.3 is 5.32 Å². The molecule has 1 N–H and O–H groups in total. The summed E-state index contributed by atoms with van der Waals surface area (Å²) < 4.78 is 5.27. The largest absolute Gasteiger partial charge is 0.353 e. The van der Waals surface area contributed by atoms with E-state index in [2.05, 4.69) is 27.7 Å². The first kappa shape index (κ1) is 16.5. The van der Waals surface area contributed by atoms with Gasteiger partial charge in [-0.25, -0.2) is 4.98 Å². The summed E-state index contributed by atoms with van der Waals surface area (Å²) in [6.45, 7) is 2.06. The molecule has 0 spiro atoms. The Kier molecular flexibility index (Phi) is 5.67. The number of thioether (sulfide) groups is 1. The Morgan fingerprint density at radius 2 is 2.09 bits per heavy atom. The summed E-state index contributed by atoms with van der Waals surface area (Å²) >= 11 is 2.83. The number of amides is 1. The predicted octanol–water partition coefficient (Wildman–Crippen LogP) is 4.05. The van der Waals surface area contributed by atoms with Crippen LogP contribution in [0.2, 0.25) is 0 Å². The van der Waals surface area contributed by atoms with Crippen LogP contribution in [0.3, 0.4) is 0 Å². The zero-order chi connectivity index (χ0) is 16.1. The number of aryl methyl sites for hydroxylation is 1. The van der Waals surface area contributed by atoms with Crippen LogP contribution in [0.25, 0.3) is 11.4 Å². The summed E-state index contributed by atoms with van der Waals surface area (Å²) in [5, 5.41) is 3.13. The van der Waals surface area contributed by atoms with E-state index in [9.17, 15) is 4.79 Å². The van der Waals surface area contributed by atoms with E-state index in [-0.39, 0.29) is 5.91 Å². The lowest BCUT2D eigenvalue weighted by atomic mass is 9.95. The number of hydrogen-bond acceptors (Lipinski definition) is 5. The van der Waals surface area contributed by atoms with Crippen LogP contribution >= 0.6 is 23.3 Å². The first-order chi connectivity index (χ1) is 11.2. The first-order valence-corrected chi connectivity index (χ1v) is 9.80. The minimum absolute atomic E-state index is 0.106. The molecule has 1 saturated carbocycles. The summed E-state index contributed by atoms with van der Waals surface area (Å²) in [7, 11) is 0. The van der Waals surface area contributed by atoms with Crippen molar-refractivity contribution in [2.75, 3.05) is 5.75 Å². The number of nitrogens with zero attached hydrogens (tertiary/aromatic N) is 2. The molecular weight excluding hydrogens is 326 g/mol. The molecule has 4 nitrogen and oxygen atoms in total. The highest BCUT2D eigenvalue weighted by Crippen LogP contribution is 2.27. The number of rotatable bonds is 5. The third-order valence-electron chi connectivity index (χ3n) is 4.09. The zero-order valence-corrected chi connectivity index (χ0v) is 14.9. The van der Waals surface area contributed by atoms with Gasteiger partial charge in [-0.2, -0.15) is 4.37 Å². The van der Waals surface area contributed by atoms with Gasteiger partial charge in [0.25, 0.3) is 0 Å². The normalized spacial score (nSPS) is 15.5. The first-order valence-electron chi connectivity index (χ1n) is 8.04. The van der Waals surface area contributed by atoms with E-state index in [4.69, 9.17) is 0 Å². The number of nitrogens with one attached hydrogen (secondary N) is 1. The van der Waals surface area contributed by atoms with Gasteiger partial charge in [-0.05, 0) is 36.9 Å². The highest BCUT2D eigenvalue weighted by molar-refractivity contribution is 8.01. The van der Waals surface area contributed by atoms with Crippen molar-refractivity contribution in [2.45, 2.75) is 49.4 Å². The summed E-state index contributed by atoms with van der Waals surface area (Å²) in [6, 6.07) is 8.46. The lowest BCUT2D eigenvalue weighted by molar-refractivity contribution is -0.119. The molecule has 0 saturated heterocycles. The van der Waals surface area contributed by atoms with Crippen LogP contribution < -0.4 is 5.32 Å². The maximum absolute atomic E-state index is 12.0. The van der Waals surface area contributed by atoms with Crippen molar-refractivity contribution in [2.24, 2.45) is 0 Å². The Morgan fingerprint density at radius 1 is 1.30 bits per heavy atom. The quantitative estimate of drug-likeness (QED) is 0.829. The molecular formula is C17H21N3OS2. The average Bonchev–Trinajstić information content (AvgIpc) is 3.03. The van der Waals surface area contributed by atoms with Crippen molar-refractivity contribution < 1.29 is 4.79 Å². The van der Waals surface area contributed by atoms with Crippen molar-refractivity contribution in [1.29, 1.82) is 0 Å². The molecule has 3 rings (SSSR count). The fourth-order valence-electron chi connectivity index (χ4n) is 2.84. The minimum atomic E-state index is 0.106. The molecule has 0 bridgehead atoms. The van der Waals surface area contributed by atoms with Gasteiger partial charge >= 0.3 is 0 Å². The van der Waals surface area contributed by atoms with Crippen molar-refractivity contribution >= 4 is 29.2 Å². The second kappa shape index (κ2) is 7.93. The van der Waals surface area contributed by atoms with Crippen LogP contribution in [-0.2, 0) is 4.79 Å². The lowest BCUT2D eigenvalue weighted by Gasteiger charge is -2.22. The van der Waals surface area contributed by atoms with Crippen molar-refractivity contribution in [1.82, 2.24) is 14.7 Å². The third kappa shape index (κ3) is 4.54. The predicted molar refractivity (Wildman–Crippen MR) is 95.8 cm³/mol. The fraction of sp³-hybridized carbons (Fsp3) is 0.471. The number of aromatic nitrogens is 2. The molecule has 1 aliphatic rings. The van der Waals surface area contributed by atoms with E-state index in [1.54, 1.807) is 0 Å². The molecule has 1 aromatic carbocycles. The molecule has 1 fully saturated rings. The Morgan fingerprint density at radius 3 is 2.87 bits per heavy atom. The third-order valence-corrected chi connectivity index (χ3v) is 5.92. The molecule has 23 heavy (non-hydrogen) atoms. The van der Waals surface area contributed by atoms with E-state index in [0.717, 1.165) is 34.1 Å². The van der Waals surface area contributed by atoms with Gasteiger partial charge in [-0.15, -0.1) is 0 Å². The Labute approximate surface area is 145 Å². The SMILES string of the molecule is Cc1ccccc1-c1nsc(SCC(=O)NC2CCCCC2)n1. The van der Waals surface area contributed by atoms with Crippen molar-refractivity contribution in [3.8, 4) is 11.4 Å². The van der Waals surface area contributed by atoms with E-state index >= 15 is 0 Å². The summed E-state index contributed by atoms with van der Waals surface area (Å²) in [6.07, 6.45) is 6.00. The van der Waals surface area contributed by atoms with Crippen LogP contribution in [0, 0.1) is 6.92 Å². The van der Waals surface area contributed by atoms with E-state index < -0.39 is 0 Å². The van der Waals surface area contributed by atoms with Gasteiger partial charge in [0.05, 0.1) is 5.75 Å². The maximum Gasteiger partial charge on any atom is 0.230 e. The smallest absolute Gasteiger partial charge is 0.230 e. The monoisotopic (exact) mass is 347 g/mol. The molecule has 0 atom stereocenters. The molecule has 2 aromatic rings. The topological polar surface area (TPSA) is 54.9 Å². The maximum atomic E-state index is 12.0. The highest BCUT2D eigenvalue weighted by atomic mass is 32.2. The molecule has 1 amide bonds. The van der Waals surface area contributed by atoms with Gasteiger partial charge in [0.1, 0.15) is 0 Å². The van der Waals surface area contributed by atoms with Gasteiger partial charge in [0.15, 0.2) is 10.2 Å². The second-order valence-electron chi connectivity index (χ2n) is 5.89. The highest BCUT2D eigenvalue weighted by Gasteiger charge is 2.16. The molecule has 1 aromatic heterocycles. The van der Waals surface area contributed by atoms with Gasteiger partial charge in [0.2, 0.25) is 5.91 Å². The van der Waals surface area contributed by atoms with E-state index in [1.165, 1.54) is 42.6 Å². The summed E-state index contributed by atoms with van der Waals surface area (Å²) in [4.78, 5) is 16.6. The van der Waals surface area contributed by atoms with Gasteiger partial charge in [-0.1, -0.05) is 55.3 Å². The van der Waals surface area contributed by atoms with Crippen LogP contribution in [0.1, 0.15) is 37.7 Å². The molecule has 6 heteroatoms. The van der Waals surface area contributed by atoms with Gasteiger partial charge in [-0.3, -0.25) is 4.79 Å². The Bertz CT molecular complexity index is 665. The molecule has 1 heterocycles. The second-order valence-corrected chi connectivity index (χ2v) is 7.86. The molecule has 1 aliphatic carbocycles. The summed E-state index contributed by atoms with van der Waals surface area (Å²) in [5.41, 5.74) is 2.22. The molecule has 0 radical (unpaired) electrons. The van der Waals surface area contributed by atoms with Crippen molar-refractivity contribution in [3.05, 3.63) is 29.8 Å². The van der Waals surface area contributed by atoms with E-state index in [0.29, 0.717) is 11.8 Å². The molecule has 0 aliphatic heterocycles. The van der Waals surface area contributed by atoms with E-state index in [1.807, 2.05) is 18.2 Å². The Balaban J connectivity index is 1.53. The van der Waals surface area contributed by atoms with Crippen LogP contribution in [0.15, 0.2) is 28.6 Å². The van der Waals surface area contributed by atoms with Crippen LogP contribution in [0.4, 0.5) is 0 Å². The standard InChI is InChI=1S/C17H21N3OS2/c1-12-7-5-6-10-14(12)16-19-17(23-20-16)22-11-15(21)18-13-8-3-2-4-9-13/h5-7,10,13H,2-4,8-9,11H2,1H3,(H,18,21). The van der Waals surface area contributed by atoms with Crippen molar-refractivity contribution in [3.63, 3.8) is 0 Å². The fourth-order valence-corrected chi connectivity index (χ4v) is 4.26. The van der Waals surface area contributed by atoms with Crippen LogP contribution in [0.5, 0.6) is 0 Å². The number of hydrogen-bond donors (Lipinski definition) is 1. The number of carbonyl (C=O) groups excluding carboxylic acids is 1. The Hall–Kier alpha value is -1.40. The number of carbonyl (C=O) groups is 1. The van der Waals surface area contributed by atoms with Crippen LogP contribution in [-0.4, -0.2) is 27.1 Å². The average molecular weight is 348 g/mol.